The number of hydrogen-bond donors (Lipinski definition) is 1. The van der Waals surface area contributed by atoms with E-state index in [0.717, 1.165) is 12.8 Å². The molecular weight excluding hydrogens is 418 g/mol. The molecule has 8 nitrogen and oxygen atoms in total. The van der Waals surface area contributed by atoms with Crippen molar-refractivity contribution in [2.75, 3.05) is 0 Å². The molecule has 1 aromatic carbocycles. The number of nitrogens with one attached hydrogen (secondary N) is 1. The molecule has 0 unspecified atom stereocenters. The van der Waals surface area contributed by atoms with Crippen molar-refractivity contribution in [3.63, 3.8) is 0 Å². The number of carbonyl (C=O) groups excluding carboxylic acids is 3. The zero-order valence-corrected chi connectivity index (χ0v) is 18.3. The maximum Gasteiger partial charge on any atom is 0.245 e. The highest BCUT2D eigenvalue weighted by atomic mass is 16.2. The number of piperidine rings is 1. The van der Waals surface area contributed by atoms with Gasteiger partial charge in [0.1, 0.15) is 18.3 Å². The van der Waals surface area contributed by atoms with Crippen LogP contribution < -0.4 is 5.32 Å². The number of pyridine rings is 1. The van der Waals surface area contributed by atoms with Crippen molar-refractivity contribution in [3.8, 4) is 0 Å². The van der Waals surface area contributed by atoms with Gasteiger partial charge >= 0.3 is 0 Å². The number of Topliss-reactive ketones (excluding diaryl/α,β-unsaturated/α-hetero) is 1. The summed E-state index contributed by atoms with van der Waals surface area (Å²) >= 11 is 0. The minimum absolute atomic E-state index is 0.0153. The van der Waals surface area contributed by atoms with E-state index >= 15 is 0 Å². The van der Waals surface area contributed by atoms with E-state index < -0.39 is 6.04 Å². The van der Waals surface area contributed by atoms with Crippen molar-refractivity contribution in [2.45, 2.75) is 56.8 Å². The van der Waals surface area contributed by atoms with Crippen molar-refractivity contribution in [1.82, 2.24) is 25.0 Å². The van der Waals surface area contributed by atoms with Gasteiger partial charge in [-0.05, 0) is 36.8 Å². The van der Waals surface area contributed by atoms with Crippen molar-refractivity contribution >= 4 is 28.5 Å². The molecule has 2 amide bonds. The highest BCUT2D eigenvalue weighted by Gasteiger charge is 2.56. The summed E-state index contributed by atoms with van der Waals surface area (Å²) in [6.45, 7) is 1.45. The lowest BCUT2D eigenvalue weighted by Gasteiger charge is -2.27. The number of ketones is 1. The van der Waals surface area contributed by atoms with Gasteiger partial charge in [-0.25, -0.2) is 0 Å². The van der Waals surface area contributed by atoms with E-state index in [4.69, 9.17) is 0 Å². The summed E-state index contributed by atoms with van der Waals surface area (Å²) in [4.78, 5) is 44.4. The zero-order chi connectivity index (χ0) is 22.7. The number of aromatic nitrogens is 3. The van der Waals surface area contributed by atoms with Gasteiger partial charge in [-0.2, -0.15) is 5.10 Å². The van der Waals surface area contributed by atoms with Crippen molar-refractivity contribution < 1.29 is 14.4 Å². The summed E-state index contributed by atoms with van der Waals surface area (Å²) in [6.07, 6.45) is 5.83. The molecular formula is C25H25N5O3. The summed E-state index contributed by atoms with van der Waals surface area (Å²) < 4.78 is 1.54. The average molecular weight is 444 g/mol. The molecule has 1 aliphatic heterocycles. The Labute approximate surface area is 191 Å². The molecule has 0 radical (unpaired) electrons. The largest absolute Gasteiger partial charge is 0.351 e. The smallest absolute Gasteiger partial charge is 0.245 e. The molecule has 2 aliphatic carbocycles. The number of benzene rings is 1. The molecule has 3 heterocycles. The Hall–Kier alpha value is -3.55. The van der Waals surface area contributed by atoms with Crippen LogP contribution in [0.1, 0.15) is 48.2 Å². The van der Waals surface area contributed by atoms with E-state index in [9.17, 15) is 14.4 Å². The molecule has 1 N–H and O–H groups in total. The predicted octanol–water partition coefficient (Wildman–Crippen LogP) is 2.30. The Morgan fingerprint density at radius 1 is 1.09 bits per heavy atom. The second-order valence-corrected chi connectivity index (χ2v) is 9.44. The highest BCUT2D eigenvalue weighted by molar-refractivity contribution is 6.04. The van der Waals surface area contributed by atoms with Gasteiger partial charge < -0.3 is 10.2 Å². The fraction of sp³-hybridized carbons (Fsp3) is 0.400. The Balaban J connectivity index is 1.18. The minimum Gasteiger partial charge on any atom is -0.351 e. The summed E-state index contributed by atoms with van der Waals surface area (Å²) in [5, 5.41) is 8.25. The van der Waals surface area contributed by atoms with Crippen LogP contribution >= 0.6 is 0 Å². The summed E-state index contributed by atoms with van der Waals surface area (Å²) in [5.74, 6) is 0.394. The number of amides is 2. The zero-order valence-electron chi connectivity index (χ0n) is 18.3. The molecule has 0 spiro atoms. The summed E-state index contributed by atoms with van der Waals surface area (Å²) in [7, 11) is 0. The van der Waals surface area contributed by atoms with Gasteiger partial charge in [0.15, 0.2) is 5.78 Å². The Bertz CT molecular complexity index is 1270. The lowest BCUT2D eigenvalue weighted by molar-refractivity contribution is -0.140. The maximum atomic E-state index is 13.4. The topological polar surface area (TPSA) is 97.2 Å². The average Bonchev–Trinajstić information content (AvgIpc) is 3.70. The van der Waals surface area contributed by atoms with E-state index in [2.05, 4.69) is 27.5 Å². The number of hydrogen-bond acceptors (Lipinski definition) is 5. The first-order chi connectivity index (χ1) is 16.0. The molecule has 168 valence electrons. The molecule has 3 aromatic rings. The molecule has 3 aliphatic rings. The van der Waals surface area contributed by atoms with Gasteiger partial charge in [-0.15, -0.1) is 0 Å². The molecule has 6 rings (SSSR count). The monoisotopic (exact) mass is 443 g/mol. The van der Waals surface area contributed by atoms with Crippen LogP contribution in [0.25, 0.3) is 10.9 Å². The number of rotatable bonds is 6. The summed E-state index contributed by atoms with van der Waals surface area (Å²) in [6, 6.07) is 11.8. The van der Waals surface area contributed by atoms with Gasteiger partial charge in [-0.3, -0.25) is 24.0 Å². The quantitative estimate of drug-likeness (QED) is 0.590. The molecule has 33 heavy (non-hydrogen) atoms. The Morgan fingerprint density at radius 2 is 1.91 bits per heavy atom. The minimum atomic E-state index is -0.439. The first kappa shape index (κ1) is 20.1. The van der Waals surface area contributed by atoms with Gasteiger partial charge in [0.25, 0.3) is 0 Å². The SMILES string of the molecule is CC(=O)c1nn(CC(=O)N2[C@@H]3C[C@@H]3C[C@H]2C(=O)N[C@@H]2C[C@H]2c2ccccc2)c2cnccc12. The molecule has 2 aromatic heterocycles. The van der Waals surface area contributed by atoms with Crippen LogP contribution in [-0.2, 0) is 16.1 Å². The predicted molar refractivity (Wildman–Crippen MR) is 120 cm³/mol. The fourth-order valence-electron chi connectivity index (χ4n) is 5.36. The highest BCUT2D eigenvalue weighted by Crippen LogP contribution is 2.48. The number of likely N-dealkylation sites (tertiary alicyclic amines) is 1. The standard InChI is InChI=1S/C25H25N5O3/c1-14(31)24-17-7-8-26-12-22(17)29(28-24)13-23(32)30-20-9-16(20)10-21(30)25(33)27-19-11-18(19)15-5-3-2-4-6-15/h2-8,12,16,18-21H,9-11,13H2,1H3,(H,27,33)/t16-,18+,19-,20-,21+/m1/s1. The molecule has 0 bridgehead atoms. The molecule has 1 saturated heterocycles. The van der Waals surface area contributed by atoms with Crippen molar-refractivity contribution in [3.05, 3.63) is 60.0 Å². The molecule has 5 atom stereocenters. The van der Waals surface area contributed by atoms with Crippen LogP contribution in [-0.4, -0.2) is 55.4 Å². The third-order valence-corrected chi connectivity index (χ3v) is 7.21. The first-order valence-electron chi connectivity index (χ1n) is 11.5. The van der Waals surface area contributed by atoms with Crippen LogP contribution in [0, 0.1) is 5.92 Å². The molecule has 3 fully saturated rings. The van der Waals surface area contributed by atoms with Crippen LogP contribution in [0.3, 0.4) is 0 Å². The number of carbonyl (C=O) groups is 3. The Kier molecular flexibility index (Phi) is 4.57. The van der Waals surface area contributed by atoms with Crippen LogP contribution in [0.15, 0.2) is 48.8 Å². The van der Waals surface area contributed by atoms with Gasteiger partial charge in [0.2, 0.25) is 11.8 Å². The maximum absolute atomic E-state index is 13.4. The van der Waals surface area contributed by atoms with Crippen molar-refractivity contribution in [1.29, 1.82) is 0 Å². The number of fused-ring (bicyclic) bond motifs is 2. The van der Waals surface area contributed by atoms with Gasteiger partial charge in [0.05, 0.1) is 11.7 Å². The number of nitrogens with zero attached hydrogens (tertiary/aromatic N) is 4. The second kappa shape index (κ2) is 7.50. The van der Waals surface area contributed by atoms with Crippen LogP contribution in [0.2, 0.25) is 0 Å². The third kappa shape index (κ3) is 3.50. The summed E-state index contributed by atoms with van der Waals surface area (Å²) in [5.41, 5.74) is 2.22. The van der Waals surface area contributed by atoms with E-state index in [1.807, 2.05) is 18.2 Å². The molecule has 2 saturated carbocycles. The van der Waals surface area contributed by atoms with E-state index in [0.29, 0.717) is 34.9 Å². The van der Waals surface area contributed by atoms with Crippen LogP contribution in [0.4, 0.5) is 0 Å². The molecule has 8 heteroatoms. The second-order valence-electron chi connectivity index (χ2n) is 9.44. The lowest BCUT2D eigenvalue weighted by atomic mass is 10.1. The Morgan fingerprint density at radius 3 is 2.70 bits per heavy atom. The fourth-order valence-corrected chi connectivity index (χ4v) is 5.36. The van der Waals surface area contributed by atoms with E-state index in [1.165, 1.54) is 12.5 Å². The first-order valence-corrected chi connectivity index (χ1v) is 11.5. The van der Waals surface area contributed by atoms with E-state index in [1.54, 1.807) is 28.0 Å². The van der Waals surface area contributed by atoms with Gasteiger partial charge in [-0.1, -0.05) is 30.3 Å². The van der Waals surface area contributed by atoms with Crippen LogP contribution in [0.5, 0.6) is 0 Å². The lowest BCUT2D eigenvalue weighted by Crippen LogP contribution is -2.49. The normalized spacial score (nSPS) is 27.3. The van der Waals surface area contributed by atoms with Gasteiger partial charge in [0, 0.05) is 36.5 Å². The van der Waals surface area contributed by atoms with E-state index in [-0.39, 0.29) is 36.2 Å². The van der Waals surface area contributed by atoms with Crippen molar-refractivity contribution in [2.24, 2.45) is 5.92 Å². The third-order valence-electron chi connectivity index (χ3n) is 7.21.